The first-order valence-electron chi connectivity index (χ1n) is 8.13. The van der Waals surface area contributed by atoms with Crippen molar-refractivity contribution in [3.8, 4) is 0 Å². The highest BCUT2D eigenvalue weighted by Crippen LogP contribution is 2.37. The van der Waals surface area contributed by atoms with E-state index >= 15 is 0 Å². The molecule has 1 aromatic rings. The van der Waals surface area contributed by atoms with Gasteiger partial charge in [-0.2, -0.15) is 0 Å². The highest BCUT2D eigenvalue weighted by atomic mass is 28.4. The minimum absolute atomic E-state index is 0.0739. The van der Waals surface area contributed by atoms with E-state index in [0.29, 0.717) is 0 Å². The third-order valence-electron chi connectivity index (χ3n) is 4.46. The van der Waals surface area contributed by atoms with E-state index < -0.39 is 8.32 Å². The fourth-order valence-corrected chi connectivity index (χ4v) is 3.26. The van der Waals surface area contributed by atoms with Crippen LogP contribution in [0.25, 0.3) is 0 Å². The standard InChI is InChI=1S/C19H30O3Si/c1-19(2,3)23(5,6)22-17(14-15-18(20)21-4)13-12-16-10-8-7-9-11-16/h7-11,14-15,17H,12-13H2,1-6H3. The van der Waals surface area contributed by atoms with Crippen molar-refractivity contribution in [1.29, 1.82) is 0 Å². The third kappa shape index (κ3) is 6.71. The van der Waals surface area contributed by atoms with Crippen molar-refractivity contribution in [2.75, 3.05) is 7.11 Å². The average molecular weight is 335 g/mol. The zero-order valence-electron chi connectivity index (χ0n) is 15.3. The minimum atomic E-state index is -1.89. The van der Waals surface area contributed by atoms with E-state index in [1.807, 2.05) is 24.3 Å². The summed E-state index contributed by atoms with van der Waals surface area (Å²) in [7, 11) is -0.502. The van der Waals surface area contributed by atoms with Crippen molar-refractivity contribution in [2.45, 2.75) is 57.8 Å². The number of carbonyl (C=O) groups excluding carboxylic acids is 1. The van der Waals surface area contributed by atoms with Crippen LogP contribution in [0.15, 0.2) is 42.5 Å². The van der Waals surface area contributed by atoms with Crippen LogP contribution >= 0.6 is 0 Å². The average Bonchev–Trinajstić information content (AvgIpc) is 2.49. The summed E-state index contributed by atoms with van der Waals surface area (Å²) in [5.41, 5.74) is 1.28. The number of rotatable bonds is 7. The van der Waals surface area contributed by atoms with Crippen LogP contribution in [0.3, 0.4) is 0 Å². The number of hydrogen-bond donors (Lipinski definition) is 0. The highest BCUT2D eigenvalue weighted by molar-refractivity contribution is 6.74. The molecule has 0 aliphatic rings. The summed E-state index contributed by atoms with van der Waals surface area (Å²) in [5, 5.41) is 0.136. The van der Waals surface area contributed by atoms with Gasteiger partial charge < -0.3 is 9.16 Å². The molecular formula is C19H30O3Si. The van der Waals surface area contributed by atoms with Gasteiger partial charge in [-0.3, -0.25) is 0 Å². The number of benzene rings is 1. The van der Waals surface area contributed by atoms with Crippen LogP contribution in [0, 0.1) is 0 Å². The van der Waals surface area contributed by atoms with Crippen molar-refractivity contribution in [1.82, 2.24) is 0 Å². The molecule has 0 aromatic heterocycles. The number of hydrogen-bond acceptors (Lipinski definition) is 3. The Morgan fingerprint density at radius 2 is 1.83 bits per heavy atom. The van der Waals surface area contributed by atoms with E-state index in [2.05, 4.69) is 46.0 Å². The van der Waals surface area contributed by atoms with Crippen molar-refractivity contribution in [2.24, 2.45) is 0 Å². The number of esters is 1. The van der Waals surface area contributed by atoms with E-state index in [1.54, 1.807) is 0 Å². The number of carbonyl (C=O) groups is 1. The maximum Gasteiger partial charge on any atom is 0.330 e. The summed E-state index contributed by atoms with van der Waals surface area (Å²) in [6.07, 6.45) is 5.02. The molecule has 4 heteroatoms. The Bertz CT molecular complexity index is 515. The summed E-state index contributed by atoms with van der Waals surface area (Å²) in [4.78, 5) is 11.4. The Morgan fingerprint density at radius 1 is 1.22 bits per heavy atom. The van der Waals surface area contributed by atoms with Gasteiger partial charge in [0.2, 0.25) is 0 Å². The molecular weight excluding hydrogens is 304 g/mol. The summed E-state index contributed by atoms with van der Waals surface area (Å²) < 4.78 is 11.2. The fraction of sp³-hybridized carbons (Fsp3) is 0.526. The smallest absolute Gasteiger partial charge is 0.330 e. The van der Waals surface area contributed by atoms with E-state index in [-0.39, 0.29) is 17.1 Å². The second kappa shape index (κ2) is 8.46. The molecule has 0 amide bonds. The summed E-state index contributed by atoms with van der Waals surface area (Å²) >= 11 is 0. The molecule has 1 aromatic carbocycles. The second-order valence-corrected chi connectivity index (χ2v) is 12.1. The van der Waals surface area contributed by atoms with Gasteiger partial charge in [0, 0.05) is 6.08 Å². The third-order valence-corrected chi connectivity index (χ3v) is 8.97. The summed E-state index contributed by atoms with van der Waals surface area (Å²) in [6, 6.07) is 10.3. The van der Waals surface area contributed by atoms with E-state index in [9.17, 15) is 4.79 Å². The van der Waals surface area contributed by atoms with Gasteiger partial charge in [-0.25, -0.2) is 4.79 Å². The Kier molecular flexibility index (Phi) is 7.23. The van der Waals surface area contributed by atoms with Gasteiger partial charge in [-0.1, -0.05) is 51.1 Å². The SMILES string of the molecule is COC(=O)C=CC(CCc1ccccc1)O[Si](C)(C)C(C)(C)C. The molecule has 1 rings (SSSR count). The fourth-order valence-electron chi connectivity index (χ4n) is 1.96. The quantitative estimate of drug-likeness (QED) is 0.410. The van der Waals surface area contributed by atoms with Crippen LogP contribution < -0.4 is 0 Å². The minimum Gasteiger partial charge on any atom is -0.466 e. The van der Waals surface area contributed by atoms with Gasteiger partial charge in [0.1, 0.15) is 0 Å². The second-order valence-electron chi connectivity index (χ2n) is 7.32. The van der Waals surface area contributed by atoms with E-state index in [0.717, 1.165) is 12.8 Å². The van der Waals surface area contributed by atoms with Gasteiger partial charge in [0.05, 0.1) is 13.2 Å². The molecule has 0 spiro atoms. The van der Waals surface area contributed by atoms with Gasteiger partial charge in [0.25, 0.3) is 0 Å². The molecule has 3 nitrogen and oxygen atoms in total. The van der Waals surface area contributed by atoms with Gasteiger partial charge in [-0.15, -0.1) is 0 Å². The Balaban J connectivity index is 2.80. The van der Waals surface area contributed by atoms with Crippen LogP contribution in [0.4, 0.5) is 0 Å². The summed E-state index contributed by atoms with van der Waals surface area (Å²) in [5.74, 6) is -0.339. The van der Waals surface area contributed by atoms with Crippen molar-refractivity contribution in [3.63, 3.8) is 0 Å². The molecule has 0 heterocycles. The lowest BCUT2D eigenvalue weighted by Gasteiger charge is -2.38. The summed E-state index contributed by atoms with van der Waals surface area (Å²) in [6.45, 7) is 11.1. The predicted molar refractivity (Wildman–Crippen MR) is 98.0 cm³/mol. The maximum absolute atomic E-state index is 11.4. The maximum atomic E-state index is 11.4. The van der Waals surface area contributed by atoms with E-state index in [1.165, 1.54) is 18.7 Å². The molecule has 0 fully saturated rings. The normalized spacial score (nSPS) is 14.0. The highest BCUT2D eigenvalue weighted by Gasteiger charge is 2.38. The Morgan fingerprint density at radius 3 is 2.35 bits per heavy atom. The van der Waals surface area contributed by atoms with Gasteiger partial charge in [0.15, 0.2) is 8.32 Å². The molecule has 0 aliphatic carbocycles. The first kappa shape index (κ1) is 19.7. The van der Waals surface area contributed by atoms with Crippen LogP contribution in [0.1, 0.15) is 32.8 Å². The molecule has 0 aliphatic heterocycles. The molecule has 1 atom stereocenters. The molecule has 1 unspecified atom stereocenters. The topological polar surface area (TPSA) is 35.5 Å². The molecule has 23 heavy (non-hydrogen) atoms. The first-order valence-corrected chi connectivity index (χ1v) is 11.0. The largest absolute Gasteiger partial charge is 0.466 e. The molecule has 0 bridgehead atoms. The molecule has 128 valence electrons. The first-order chi connectivity index (χ1) is 10.7. The number of ether oxygens (including phenoxy) is 1. The zero-order chi connectivity index (χ0) is 17.5. The lowest BCUT2D eigenvalue weighted by molar-refractivity contribution is -0.134. The van der Waals surface area contributed by atoms with Crippen LogP contribution in [0.2, 0.25) is 18.1 Å². The molecule has 0 saturated heterocycles. The van der Waals surface area contributed by atoms with Crippen LogP contribution in [-0.4, -0.2) is 27.5 Å². The molecule has 0 saturated carbocycles. The van der Waals surface area contributed by atoms with Crippen molar-refractivity contribution < 1.29 is 14.0 Å². The van der Waals surface area contributed by atoms with Gasteiger partial charge >= 0.3 is 5.97 Å². The van der Waals surface area contributed by atoms with Crippen LogP contribution in [0.5, 0.6) is 0 Å². The Hall–Kier alpha value is -1.39. The van der Waals surface area contributed by atoms with Crippen molar-refractivity contribution >= 4 is 14.3 Å². The lowest BCUT2D eigenvalue weighted by Crippen LogP contribution is -2.43. The predicted octanol–water partition coefficient (Wildman–Crippen LogP) is 4.74. The van der Waals surface area contributed by atoms with E-state index in [4.69, 9.17) is 9.16 Å². The Labute approximate surface area is 141 Å². The zero-order valence-corrected chi connectivity index (χ0v) is 16.3. The van der Waals surface area contributed by atoms with Gasteiger partial charge in [-0.05, 0) is 42.6 Å². The van der Waals surface area contributed by atoms with Crippen LogP contribution in [-0.2, 0) is 20.4 Å². The van der Waals surface area contributed by atoms with Crippen molar-refractivity contribution in [3.05, 3.63) is 48.0 Å². The molecule has 0 radical (unpaired) electrons. The molecule has 0 N–H and O–H groups in total. The number of methoxy groups -OCH3 is 1. The number of aryl methyl sites for hydroxylation is 1. The lowest BCUT2D eigenvalue weighted by atomic mass is 10.1. The monoisotopic (exact) mass is 334 g/mol.